The summed E-state index contributed by atoms with van der Waals surface area (Å²) in [7, 11) is 0. The minimum atomic E-state index is -0.175. The number of nitrogens with one attached hydrogen (secondary N) is 2. The predicted octanol–water partition coefficient (Wildman–Crippen LogP) is 2.07. The molecular weight excluding hydrogens is 228 g/mol. The SMILES string of the molecule is CCCNc1ccc(C(=O)NC(C)C(C)C)nn1. The molecule has 0 aliphatic rings. The van der Waals surface area contributed by atoms with Gasteiger partial charge < -0.3 is 10.6 Å². The second kappa shape index (κ2) is 6.93. The van der Waals surface area contributed by atoms with E-state index in [2.05, 4.69) is 41.6 Å². The topological polar surface area (TPSA) is 66.9 Å². The molecule has 0 aliphatic heterocycles. The summed E-state index contributed by atoms with van der Waals surface area (Å²) in [6.07, 6.45) is 1.02. The standard InChI is InChI=1S/C13H22N4O/c1-5-8-14-12-7-6-11(16-17-12)13(18)15-10(4)9(2)3/h6-7,9-10H,5,8H2,1-4H3,(H,14,17)(H,15,18). The van der Waals surface area contributed by atoms with E-state index in [-0.39, 0.29) is 11.9 Å². The lowest BCUT2D eigenvalue weighted by Gasteiger charge is -2.16. The van der Waals surface area contributed by atoms with Crippen LogP contribution in [-0.2, 0) is 0 Å². The number of nitrogens with zero attached hydrogens (tertiary/aromatic N) is 2. The van der Waals surface area contributed by atoms with Crippen molar-refractivity contribution in [3.05, 3.63) is 17.8 Å². The van der Waals surface area contributed by atoms with Crippen LogP contribution in [0.15, 0.2) is 12.1 Å². The Balaban J connectivity index is 2.59. The van der Waals surface area contributed by atoms with Gasteiger partial charge in [0.15, 0.2) is 5.69 Å². The third-order valence-corrected chi connectivity index (χ3v) is 2.81. The molecule has 0 radical (unpaired) electrons. The third-order valence-electron chi connectivity index (χ3n) is 2.81. The quantitative estimate of drug-likeness (QED) is 0.811. The average molecular weight is 250 g/mol. The Morgan fingerprint density at radius 1 is 1.28 bits per heavy atom. The Hall–Kier alpha value is -1.65. The summed E-state index contributed by atoms with van der Waals surface area (Å²) in [4.78, 5) is 11.9. The van der Waals surface area contributed by atoms with Crippen molar-refractivity contribution in [2.24, 2.45) is 5.92 Å². The van der Waals surface area contributed by atoms with Crippen molar-refractivity contribution in [2.45, 2.75) is 40.2 Å². The Bertz CT molecular complexity index is 375. The highest BCUT2D eigenvalue weighted by atomic mass is 16.2. The van der Waals surface area contributed by atoms with Crippen LogP contribution in [0, 0.1) is 5.92 Å². The number of carbonyl (C=O) groups is 1. The molecule has 0 bridgehead atoms. The van der Waals surface area contributed by atoms with Crippen LogP contribution in [0.2, 0.25) is 0 Å². The lowest BCUT2D eigenvalue weighted by atomic mass is 10.1. The maximum atomic E-state index is 11.9. The average Bonchev–Trinajstić information content (AvgIpc) is 2.36. The first-order valence-corrected chi connectivity index (χ1v) is 6.43. The van der Waals surface area contributed by atoms with Crippen LogP contribution in [0.1, 0.15) is 44.6 Å². The Labute approximate surface area is 108 Å². The second-order valence-electron chi connectivity index (χ2n) is 4.74. The van der Waals surface area contributed by atoms with Crippen LogP contribution >= 0.6 is 0 Å². The van der Waals surface area contributed by atoms with Crippen molar-refractivity contribution in [1.82, 2.24) is 15.5 Å². The van der Waals surface area contributed by atoms with Gasteiger partial charge in [0.1, 0.15) is 5.82 Å². The summed E-state index contributed by atoms with van der Waals surface area (Å²) in [5, 5.41) is 13.9. The van der Waals surface area contributed by atoms with Gasteiger partial charge in [0.25, 0.3) is 5.91 Å². The zero-order valence-electron chi connectivity index (χ0n) is 11.5. The Morgan fingerprint density at radius 2 is 2.00 bits per heavy atom. The molecule has 1 aromatic heterocycles. The first-order chi connectivity index (χ1) is 8.54. The van der Waals surface area contributed by atoms with E-state index in [0.717, 1.165) is 13.0 Å². The summed E-state index contributed by atoms with van der Waals surface area (Å²) >= 11 is 0. The van der Waals surface area contributed by atoms with Crippen LogP contribution in [0.5, 0.6) is 0 Å². The van der Waals surface area contributed by atoms with Crippen molar-refractivity contribution in [3.63, 3.8) is 0 Å². The minimum absolute atomic E-state index is 0.122. The highest BCUT2D eigenvalue weighted by molar-refractivity contribution is 5.92. The molecule has 0 aromatic carbocycles. The van der Waals surface area contributed by atoms with Crippen LogP contribution in [0.3, 0.4) is 0 Å². The molecule has 2 N–H and O–H groups in total. The highest BCUT2D eigenvalue weighted by Gasteiger charge is 2.13. The fourth-order valence-electron chi connectivity index (χ4n) is 1.25. The smallest absolute Gasteiger partial charge is 0.272 e. The van der Waals surface area contributed by atoms with Crippen LogP contribution in [0.25, 0.3) is 0 Å². The maximum absolute atomic E-state index is 11.9. The van der Waals surface area contributed by atoms with E-state index in [0.29, 0.717) is 17.4 Å². The molecule has 1 rings (SSSR count). The molecule has 100 valence electrons. The number of hydrogen-bond donors (Lipinski definition) is 2. The van der Waals surface area contributed by atoms with Gasteiger partial charge in [-0.25, -0.2) is 0 Å². The molecule has 0 aliphatic carbocycles. The van der Waals surface area contributed by atoms with Gasteiger partial charge in [0.2, 0.25) is 0 Å². The van der Waals surface area contributed by atoms with Crippen molar-refractivity contribution in [1.29, 1.82) is 0 Å². The van der Waals surface area contributed by atoms with E-state index in [9.17, 15) is 4.79 Å². The van der Waals surface area contributed by atoms with Crippen LogP contribution in [0.4, 0.5) is 5.82 Å². The number of amides is 1. The molecule has 0 saturated heterocycles. The predicted molar refractivity (Wildman–Crippen MR) is 72.6 cm³/mol. The maximum Gasteiger partial charge on any atom is 0.272 e. The molecule has 0 spiro atoms. The van der Waals surface area contributed by atoms with Crippen molar-refractivity contribution in [2.75, 3.05) is 11.9 Å². The molecular formula is C13H22N4O. The van der Waals surface area contributed by atoms with Crippen molar-refractivity contribution < 1.29 is 4.79 Å². The molecule has 1 unspecified atom stereocenters. The number of anilines is 1. The molecule has 1 amide bonds. The van der Waals surface area contributed by atoms with E-state index >= 15 is 0 Å². The molecule has 18 heavy (non-hydrogen) atoms. The summed E-state index contributed by atoms with van der Waals surface area (Å²) in [5.41, 5.74) is 0.351. The third kappa shape index (κ3) is 4.31. The molecule has 5 heteroatoms. The number of hydrogen-bond acceptors (Lipinski definition) is 4. The van der Waals surface area contributed by atoms with Gasteiger partial charge in [-0.1, -0.05) is 20.8 Å². The van der Waals surface area contributed by atoms with Crippen LogP contribution in [-0.4, -0.2) is 28.7 Å². The molecule has 0 saturated carbocycles. The van der Waals surface area contributed by atoms with Gasteiger partial charge in [0, 0.05) is 12.6 Å². The Morgan fingerprint density at radius 3 is 2.50 bits per heavy atom. The minimum Gasteiger partial charge on any atom is -0.369 e. The van der Waals surface area contributed by atoms with E-state index in [1.54, 1.807) is 12.1 Å². The molecule has 0 fully saturated rings. The van der Waals surface area contributed by atoms with Gasteiger partial charge in [-0.15, -0.1) is 10.2 Å². The van der Waals surface area contributed by atoms with Gasteiger partial charge >= 0.3 is 0 Å². The normalized spacial score (nSPS) is 12.3. The van der Waals surface area contributed by atoms with E-state index in [1.165, 1.54) is 0 Å². The lowest BCUT2D eigenvalue weighted by molar-refractivity contribution is 0.0924. The fourth-order valence-corrected chi connectivity index (χ4v) is 1.25. The fraction of sp³-hybridized carbons (Fsp3) is 0.615. The first kappa shape index (κ1) is 14.4. The summed E-state index contributed by atoms with van der Waals surface area (Å²) < 4.78 is 0. The summed E-state index contributed by atoms with van der Waals surface area (Å²) in [6, 6.07) is 3.59. The second-order valence-corrected chi connectivity index (χ2v) is 4.74. The number of aromatic nitrogens is 2. The van der Waals surface area contributed by atoms with Gasteiger partial charge in [-0.3, -0.25) is 4.79 Å². The summed E-state index contributed by atoms with van der Waals surface area (Å²) in [6.45, 7) is 9.04. The van der Waals surface area contributed by atoms with Gasteiger partial charge in [-0.2, -0.15) is 0 Å². The molecule has 1 aromatic rings. The zero-order chi connectivity index (χ0) is 13.5. The number of rotatable bonds is 6. The number of carbonyl (C=O) groups excluding carboxylic acids is 1. The molecule has 5 nitrogen and oxygen atoms in total. The van der Waals surface area contributed by atoms with E-state index in [4.69, 9.17) is 0 Å². The first-order valence-electron chi connectivity index (χ1n) is 6.43. The highest BCUT2D eigenvalue weighted by Crippen LogP contribution is 2.04. The van der Waals surface area contributed by atoms with E-state index < -0.39 is 0 Å². The van der Waals surface area contributed by atoms with E-state index in [1.807, 2.05) is 6.92 Å². The van der Waals surface area contributed by atoms with Crippen LogP contribution < -0.4 is 10.6 Å². The lowest BCUT2D eigenvalue weighted by Crippen LogP contribution is -2.36. The monoisotopic (exact) mass is 250 g/mol. The largest absolute Gasteiger partial charge is 0.369 e. The van der Waals surface area contributed by atoms with Gasteiger partial charge in [-0.05, 0) is 31.4 Å². The van der Waals surface area contributed by atoms with Crippen molar-refractivity contribution in [3.8, 4) is 0 Å². The molecule has 1 heterocycles. The summed E-state index contributed by atoms with van der Waals surface area (Å²) in [5.74, 6) is 0.920. The zero-order valence-corrected chi connectivity index (χ0v) is 11.5. The van der Waals surface area contributed by atoms with Gasteiger partial charge in [0.05, 0.1) is 0 Å². The van der Waals surface area contributed by atoms with Crippen molar-refractivity contribution >= 4 is 11.7 Å². The molecule has 1 atom stereocenters. The Kier molecular flexibility index (Phi) is 5.55.